The maximum Gasteiger partial charge on any atom is 0.226 e. The molecule has 0 bridgehead atoms. The van der Waals surface area contributed by atoms with Crippen LogP contribution < -0.4 is 5.32 Å². The number of nitrogens with one attached hydrogen (secondary N) is 2. The highest BCUT2D eigenvalue weighted by atomic mass is 32.1. The highest BCUT2D eigenvalue weighted by Gasteiger charge is 2.11. The number of benzene rings is 2. The standard InChI is InChI=1S/C23H28N4OS/c1-3-4-5-6-18-9-13-20(14-10-18)24-21(28)15-16-27-22(25-26-23(27)29)19-11-7-17(2)8-12-19/h7-14H,3-6,15-16H2,1-2H3,(H,24,28)(H,26,29). The Morgan fingerprint density at radius 1 is 1.10 bits per heavy atom. The number of hydrogen-bond donors (Lipinski definition) is 2. The van der Waals surface area contributed by atoms with E-state index in [1.807, 2.05) is 47.9 Å². The van der Waals surface area contributed by atoms with Crippen molar-refractivity contribution in [2.24, 2.45) is 0 Å². The molecule has 0 atom stereocenters. The molecule has 0 aliphatic carbocycles. The van der Waals surface area contributed by atoms with Gasteiger partial charge in [-0.15, -0.1) is 0 Å². The average molecular weight is 409 g/mol. The average Bonchev–Trinajstić information content (AvgIpc) is 3.09. The van der Waals surface area contributed by atoms with Crippen molar-refractivity contribution >= 4 is 23.8 Å². The second-order valence-corrected chi connectivity index (χ2v) is 7.71. The van der Waals surface area contributed by atoms with Gasteiger partial charge in [-0.25, -0.2) is 0 Å². The molecular weight excluding hydrogens is 380 g/mol. The van der Waals surface area contributed by atoms with Crippen molar-refractivity contribution < 1.29 is 4.79 Å². The van der Waals surface area contributed by atoms with Gasteiger partial charge in [-0.05, 0) is 49.7 Å². The van der Waals surface area contributed by atoms with Crippen LogP contribution in [0, 0.1) is 11.7 Å². The Bertz CT molecular complexity index is 987. The van der Waals surface area contributed by atoms with E-state index in [4.69, 9.17) is 12.2 Å². The fourth-order valence-electron chi connectivity index (χ4n) is 3.22. The summed E-state index contributed by atoms with van der Waals surface area (Å²) in [7, 11) is 0. The smallest absolute Gasteiger partial charge is 0.226 e. The molecule has 0 saturated heterocycles. The molecule has 0 radical (unpaired) electrons. The lowest BCUT2D eigenvalue weighted by atomic mass is 10.1. The number of aromatic nitrogens is 3. The van der Waals surface area contributed by atoms with Crippen LogP contribution in [-0.4, -0.2) is 20.7 Å². The summed E-state index contributed by atoms with van der Waals surface area (Å²) >= 11 is 5.35. The molecule has 2 aromatic carbocycles. The number of aromatic amines is 1. The normalized spacial score (nSPS) is 10.8. The van der Waals surface area contributed by atoms with E-state index in [1.54, 1.807) is 0 Å². The van der Waals surface area contributed by atoms with E-state index in [0.29, 0.717) is 17.7 Å². The highest BCUT2D eigenvalue weighted by molar-refractivity contribution is 7.71. The van der Waals surface area contributed by atoms with E-state index in [-0.39, 0.29) is 5.91 Å². The first-order valence-electron chi connectivity index (χ1n) is 10.2. The molecule has 152 valence electrons. The Morgan fingerprint density at radius 3 is 2.52 bits per heavy atom. The van der Waals surface area contributed by atoms with E-state index in [2.05, 4.69) is 34.6 Å². The Labute approximate surface area is 177 Å². The molecule has 3 aromatic rings. The summed E-state index contributed by atoms with van der Waals surface area (Å²) in [5, 5.41) is 10.1. The zero-order valence-electron chi connectivity index (χ0n) is 17.1. The van der Waals surface area contributed by atoms with Gasteiger partial charge in [-0.1, -0.05) is 61.7 Å². The molecule has 6 heteroatoms. The van der Waals surface area contributed by atoms with Crippen LogP contribution in [0.5, 0.6) is 0 Å². The molecule has 0 unspecified atom stereocenters. The summed E-state index contributed by atoms with van der Waals surface area (Å²) in [6.07, 6.45) is 5.09. The number of carbonyl (C=O) groups is 1. The van der Waals surface area contributed by atoms with Crippen LogP contribution >= 0.6 is 12.2 Å². The molecule has 0 saturated carbocycles. The maximum absolute atomic E-state index is 12.4. The third kappa shape index (κ3) is 5.87. The lowest BCUT2D eigenvalue weighted by Gasteiger charge is -2.09. The summed E-state index contributed by atoms with van der Waals surface area (Å²) in [5.41, 5.74) is 4.29. The fraction of sp³-hybridized carbons (Fsp3) is 0.348. The number of hydrogen-bond acceptors (Lipinski definition) is 3. The molecule has 1 heterocycles. The van der Waals surface area contributed by atoms with Gasteiger partial charge >= 0.3 is 0 Å². The summed E-state index contributed by atoms with van der Waals surface area (Å²) < 4.78 is 2.39. The zero-order chi connectivity index (χ0) is 20.6. The zero-order valence-corrected chi connectivity index (χ0v) is 17.9. The predicted molar refractivity (Wildman–Crippen MR) is 121 cm³/mol. The Morgan fingerprint density at radius 2 is 1.83 bits per heavy atom. The van der Waals surface area contributed by atoms with Crippen molar-refractivity contribution in [1.29, 1.82) is 0 Å². The molecule has 1 amide bonds. The molecule has 3 rings (SSSR count). The molecule has 0 aliphatic rings. The summed E-state index contributed by atoms with van der Waals surface area (Å²) in [6.45, 7) is 4.72. The van der Waals surface area contributed by atoms with Crippen LogP contribution in [-0.2, 0) is 17.8 Å². The summed E-state index contributed by atoms with van der Waals surface area (Å²) in [6, 6.07) is 16.2. The van der Waals surface area contributed by atoms with E-state index >= 15 is 0 Å². The van der Waals surface area contributed by atoms with Crippen LogP contribution in [0.1, 0.15) is 43.7 Å². The SMILES string of the molecule is CCCCCc1ccc(NC(=O)CCn2c(-c3ccc(C)cc3)n[nH]c2=S)cc1. The number of H-pyrrole nitrogens is 1. The van der Waals surface area contributed by atoms with Gasteiger partial charge in [-0.2, -0.15) is 5.10 Å². The third-order valence-corrected chi connectivity index (χ3v) is 5.25. The molecule has 0 fully saturated rings. The van der Waals surface area contributed by atoms with E-state index in [0.717, 1.165) is 23.5 Å². The molecule has 2 N–H and O–H groups in total. The van der Waals surface area contributed by atoms with Gasteiger partial charge in [0.2, 0.25) is 5.91 Å². The van der Waals surface area contributed by atoms with Crippen molar-refractivity contribution in [1.82, 2.24) is 14.8 Å². The van der Waals surface area contributed by atoms with Crippen molar-refractivity contribution in [2.75, 3.05) is 5.32 Å². The quantitative estimate of drug-likeness (QED) is 0.354. The van der Waals surface area contributed by atoms with Gasteiger partial charge in [0.05, 0.1) is 0 Å². The predicted octanol–water partition coefficient (Wildman–Crippen LogP) is 5.68. The Hall–Kier alpha value is -2.73. The molecule has 0 aliphatic heterocycles. The second-order valence-electron chi connectivity index (χ2n) is 7.32. The summed E-state index contributed by atoms with van der Waals surface area (Å²) in [4.78, 5) is 12.4. The minimum atomic E-state index is -0.0401. The number of rotatable bonds is 9. The molecule has 0 spiro atoms. The Balaban J connectivity index is 1.58. The molecular formula is C23H28N4OS. The number of carbonyl (C=O) groups excluding carboxylic acids is 1. The Kier molecular flexibility index (Phi) is 7.36. The van der Waals surface area contributed by atoms with Crippen LogP contribution in [0.3, 0.4) is 0 Å². The van der Waals surface area contributed by atoms with Gasteiger partial charge in [0.1, 0.15) is 0 Å². The first-order chi connectivity index (χ1) is 14.1. The van der Waals surface area contributed by atoms with Crippen LogP contribution in [0.2, 0.25) is 0 Å². The minimum absolute atomic E-state index is 0.0401. The molecule has 1 aromatic heterocycles. The van der Waals surface area contributed by atoms with Crippen molar-refractivity contribution in [3.63, 3.8) is 0 Å². The number of unbranched alkanes of at least 4 members (excludes halogenated alkanes) is 2. The van der Waals surface area contributed by atoms with E-state index in [1.165, 1.54) is 30.4 Å². The maximum atomic E-state index is 12.4. The first-order valence-corrected chi connectivity index (χ1v) is 10.6. The van der Waals surface area contributed by atoms with Gasteiger partial charge in [-0.3, -0.25) is 14.5 Å². The minimum Gasteiger partial charge on any atom is -0.326 e. The third-order valence-electron chi connectivity index (χ3n) is 4.94. The number of aryl methyl sites for hydroxylation is 2. The van der Waals surface area contributed by atoms with Gasteiger partial charge < -0.3 is 5.32 Å². The first kappa shape index (κ1) is 21.0. The van der Waals surface area contributed by atoms with Crippen LogP contribution in [0.4, 0.5) is 5.69 Å². The van der Waals surface area contributed by atoms with Gasteiger partial charge in [0.15, 0.2) is 10.6 Å². The fourth-order valence-corrected chi connectivity index (χ4v) is 3.44. The molecule has 29 heavy (non-hydrogen) atoms. The lowest BCUT2D eigenvalue weighted by Crippen LogP contribution is -2.15. The van der Waals surface area contributed by atoms with E-state index < -0.39 is 0 Å². The topological polar surface area (TPSA) is 62.7 Å². The number of anilines is 1. The van der Waals surface area contributed by atoms with Crippen LogP contribution in [0.25, 0.3) is 11.4 Å². The van der Waals surface area contributed by atoms with Crippen molar-refractivity contribution in [3.8, 4) is 11.4 Å². The van der Waals surface area contributed by atoms with Gasteiger partial charge in [0.25, 0.3) is 0 Å². The lowest BCUT2D eigenvalue weighted by molar-refractivity contribution is -0.116. The second kappa shape index (κ2) is 10.2. The van der Waals surface area contributed by atoms with Crippen molar-refractivity contribution in [3.05, 3.63) is 64.4 Å². The largest absolute Gasteiger partial charge is 0.326 e. The van der Waals surface area contributed by atoms with Gasteiger partial charge in [0, 0.05) is 24.2 Å². The number of nitrogens with zero attached hydrogens (tertiary/aromatic N) is 2. The monoisotopic (exact) mass is 408 g/mol. The number of amides is 1. The van der Waals surface area contributed by atoms with E-state index in [9.17, 15) is 4.79 Å². The van der Waals surface area contributed by atoms with Crippen molar-refractivity contribution in [2.45, 2.75) is 52.5 Å². The van der Waals surface area contributed by atoms with Crippen LogP contribution in [0.15, 0.2) is 48.5 Å². The molecule has 5 nitrogen and oxygen atoms in total. The summed E-state index contributed by atoms with van der Waals surface area (Å²) in [5.74, 6) is 0.709. The highest BCUT2D eigenvalue weighted by Crippen LogP contribution is 2.18.